The molecule has 0 saturated heterocycles. The lowest BCUT2D eigenvalue weighted by Crippen LogP contribution is -2.13. The summed E-state index contributed by atoms with van der Waals surface area (Å²) in [4.78, 5) is 0.136. The molecule has 1 saturated carbocycles. The lowest BCUT2D eigenvalue weighted by molar-refractivity contribution is 0.165. The monoisotopic (exact) mass is 319 g/mol. The number of hydrogen-bond donors (Lipinski definition) is 1. The third-order valence-electron chi connectivity index (χ3n) is 2.60. The van der Waals surface area contributed by atoms with Gasteiger partial charge in [-0.15, -0.1) is 0 Å². The van der Waals surface area contributed by atoms with Gasteiger partial charge in [0.15, 0.2) is 5.94 Å². The van der Waals surface area contributed by atoms with Crippen molar-refractivity contribution in [3.05, 3.63) is 22.7 Å². The van der Waals surface area contributed by atoms with Crippen LogP contribution in [0.1, 0.15) is 12.8 Å². The molecule has 0 heterocycles. The molecule has 1 fully saturated rings. The van der Waals surface area contributed by atoms with Gasteiger partial charge in [0.2, 0.25) is 9.84 Å². The van der Waals surface area contributed by atoms with Crippen LogP contribution in [0.2, 0.25) is 0 Å². The Morgan fingerprint density at radius 1 is 1.41 bits per heavy atom. The molecule has 1 aliphatic carbocycles. The highest BCUT2D eigenvalue weighted by atomic mass is 79.9. The topological polar surface area (TPSA) is 69.4 Å². The smallest absolute Gasteiger partial charge is 0.204 e. The van der Waals surface area contributed by atoms with Crippen molar-refractivity contribution in [2.45, 2.75) is 17.7 Å². The van der Waals surface area contributed by atoms with Gasteiger partial charge < -0.3 is 10.5 Å². The molecule has 0 aliphatic heterocycles. The molecule has 0 atom stereocenters. The molecule has 6 heteroatoms. The molecule has 94 valence electrons. The number of hydrogen-bond acceptors (Lipinski definition) is 4. The van der Waals surface area contributed by atoms with Crippen LogP contribution in [-0.2, 0) is 14.6 Å². The van der Waals surface area contributed by atoms with Crippen LogP contribution < -0.4 is 5.73 Å². The largest absolute Gasteiger partial charge is 0.398 e. The van der Waals surface area contributed by atoms with E-state index in [2.05, 4.69) is 15.9 Å². The van der Waals surface area contributed by atoms with E-state index in [1.165, 1.54) is 6.07 Å². The van der Waals surface area contributed by atoms with Crippen LogP contribution in [-0.4, -0.2) is 21.0 Å². The first-order valence-electron chi connectivity index (χ1n) is 5.34. The highest BCUT2D eigenvalue weighted by Gasteiger charge is 2.23. The molecule has 2 rings (SSSR count). The predicted molar refractivity (Wildman–Crippen MR) is 69.3 cm³/mol. The summed E-state index contributed by atoms with van der Waals surface area (Å²) in [7, 11) is -3.44. The highest BCUT2D eigenvalue weighted by molar-refractivity contribution is 9.10. The van der Waals surface area contributed by atoms with Crippen LogP contribution in [0.3, 0.4) is 0 Å². The Kier molecular flexibility index (Phi) is 3.75. The second-order valence-electron chi connectivity index (χ2n) is 4.23. The molecule has 17 heavy (non-hydrogen) atoms. The Bertz CT molecular complexity index is 511. The van der Waals surface area contributed by atoms with Gasteiger partial charge >= 0.3 is 0 Å². The Hall–Kier alpha value is -0.590. The molecule has 1 aliphatic rings. The predicted octanol–water partition coefficient (Wildman–Crippen LogP) is 2.19. The van der Waals surface area contributed by atoms with Crippen molar-refractivity contribution in [1.82, 2.24) is 0 Å². The molecular formula is C11H14BrNO3S. The summed E-state index contributed by atoms with van der Waals surface area (Å²) in [6.45, 7) is 0.523. The van der Waals surface area contributed by atoms with Crippen LogP contribution in [0.25, 0.3) is 0 Å². The van der Waals surface area contributed by atoms with Crippen LogP contribution in [0, 0.1) is 5.92 Å². The molecule has 0 unspecified atom stereocenters. The summed E-state index contributed by atoms with van der Waals surface area (Å²) in [5.74, 6) is 0.252. The maximum absolute atomic E-state index is 11.9. The lowest BCUT2D eigenvalue weighted by atomic mass is 10.3. The van der Waals surface area contributed by atoms with E-state index in [0.717, 1.165) is 17.3 Å². The molecule has 4 nitrogen and oxygen atoms in total. The van der Waals surface area contributed by atoms with Gasteiger partial charge in [0.1, 0.15) is 0 Å². The van der Waals surface area contributed by atoms with Gasteiger partial charge in [-0.1, -0.05) is 15.9 Å². The summed E-state index contributed by atoms with van der Waals surface area (Å²) in [5.41, 5.74) is 5.93. The molecule has 0 bridgehead atoms. The Labute approximate surface area is 109 Å². The molecular weight excluding hydrogens is 306 g/mol. The standard InChI is InChI=1S/C11H14BrNO3S/c12-9-3-4-11(10(13)5-9)17(14,15)7-16-6-8-1-2-8/h3-5,8H,1-2,6-7,13H2. The van der Waals surface area contributed by atoms with E-state index in [1.807, 2.05) is 0 Å². The normalized spacial score (nSPS) is 16.1. The number of anilines is 1. The summed E-state index contributed by atoms with van der Waals surface area (Å²) < 4.78 is 29.9. The van der Waals surface area contributed by atoms with Crippen molar-refractivity contribution < 1.29 is 13.2 Å². The van der Waals surface area contributed by atoms with Crippen LogP contribution in [0.5, 0.6) is 0 Å². The molecule has 1 aromatic rings. The number of rotatable bonds is 5. The second-order valence-corrected chi connectivity index (χ2v) is 7.05. The Morgan fingerprint density at radius 2 is 2.12 bits per heavy atom. The Morgan fingerprint density at radius 3 is 2.71 bits per heavy atom. The summed E-state index contributed by atoms with van der Waals surface area (Å²) >= 11 is 3.24. The number of ether oxygens (including phenoxy) is 1. The van der Waals surface area contributed by atoms with Crippen molar-refractivity contribution in [1.29, 1.82) is 0 Å². The van der Waals surface area contributed by atoms with Gasteiger partial charge in [-0.25, -0.2) is 8.42 Å². The Balaban J connectivity index is 2.07. The third-order valence-corrected chi connectivity index (χ3v) is 4.61. The molecule has 0 aromatic heterocycles. The number of benzene rings is 1. The molecule has 0 amide bonds. The third kappa shape index (κ3) is 3.43. The van der Waals surface area contributed by atoms with Crippen molar-refractivity contribution in [2.24, 2.45) is 5.92 Å². The van der Waals surface area contributed by atoms with Crippen molar-refractivity contribution in [3.8, 4) is 0 Å². The highest BCUT2D eigenvalue weighted by Crippen LogP contribution is 2.29. The molecule has 2 N–H and O–H groups in total. The van der Waals surface area contributed by atoms with E-state index in [1.54, 1.807) is 12.1 Å². The van der Waals surface area contributed by atoms with E-state index in [4.69, 9.17) is 10.5 Å². The summed E-state index contributed by atoms with van der Waals surface area (Å²) in [6, 6.07) is 4.73. The first-order chi connectivity index (χ1) is 7.99. The van der Waals surface area contributed by atoms with E-state index in [0.29, 0.717) is 12.5 Å². The fourth-order valence-electron chi connectivity index (χ4n) is 1.48. The average molecular weight is 320 g/mol. The maximum atomic E-state index is 11.9. The second kappa shape index (κ2) is 4.96. The number of sulfone groups is 1. The van der Waals surface area contributed by atoms with Gasteiger partial charge in [-0.05, 0) is 37.0 Å². The zero-order valence-electron chi connectivity index (χ0n) is 9.23. The number of halogens is 1. The molecule has 0 spiro atoms. The van der Waals surface area contributed by atoms with Crippen molar-refractivity contribution in [2.75, 3.05) is 18.3 Å². The minimum absolute atomic E-state index is 0.136. The van der Waals surface area contributed by atoms with Crippen molar-refractivity contribution in [3.63, 3.8) is 0 Å². The first kappa shape index (κ1) is 12.9. The summed E-state index contributed by atoms with van der Waals surface area (Å²) in [5, 5.41) is 0. The first-order valence-corrected chi connectivity index (χ1v) is 7.79. The van der Waals surface area contributed by atoms with Crippen LogP contribution in [0.4, 0.5) is 5.69 Å². The fourth-order valence-corrected chi connectivity index (χ4v) is 2.99. The van der Waals surface area contributed by atoms with E-state index in [-0.39, 0.29) is 16.5 Å². The van der Waals surface area contributed by atoms with Crippen LogP contribution >= 0.6 is 15.9 Å². The van der Waals surface area contributed by atoms with E-state index in [9.17, 15) is 8.42 Å². The minimum atomic E-state index is -3.44. The number of nitrogen functional groups attached to an aromatic ring is 1. The lowest BCUT2D eigenvalue weighted by Gasteiger charge is -2.08. The summed E-state index contributed by atoms with van der Waals surface area (Å²) in [6.07, 6.45) is 2.28. The molecule has 0 radical (unpaired) electrons. The zero-order chi connectivity index (χ0) is 12.5. The van der Waals surface area contributed by atoms with E-state index >= 15 is 0 Å². The van der Waals surface area contributed by atoms with Gasteiger partial charge in [0.25, 0.3) is 0 Å². The minimum Gasteiger partial charge on any atom is -0.398 e. The van der Waals surface area contributed by atoms with Gasteiger partial charge in [-0.3, -0.25) is 0 Å². The van der Waals surface area contributed by atoms with Gasteiger partial charge in [0.05, 0.1) is 17.2 Å². The van der Waals surface area contributed by atoms with E-state index < -0.39 is 9.84 Å². The van der Waals surface area contributed by atoms with Crippen molar-refractivity contribution >= 4 is 31.5 Å². The van der Waals surface area contributed by atoms with Crippen LogP contribution in [0.15, 0.2) is 27.6 Å². The average Bonchev–Trinajstić information content (AvgIpc) is 3.00. The number of nitrogens with two attached hydrogens (primary N) is 1. The zero-order valence-corrected chi connectivity index (χ0v) is 11.6. The maximum Gasteiger partial charge on any atom is 0.204 e. The molecule has 1 aromatic carbocycles. The SMILES string of the molecule is Nc1cc(Br)ccc1S(=O)(=O)COCC1CC1. The fraction of sp³-hybridized carbons (Fsp3) is 0.455. The van der Waals surface area contributed by atoms with Gasteiger partial charge in [-0.2, -0.15) is 0 Å². The quantitative estimate of drug-likeness (QED) is 0.845. The van der Waals surface area contributed by atoms with Gasteiger partial charge in [0, 0.05) is 4.47 Å².